The molecule has 10 nitrogen and oxygen atoms in total. The number of imidazole rings is 1. The summed E-state index contributed by atoms with van der Waals surface area (Å²) < 4.78 is 34.6. The first-order valence-electron chi connectivity index (χ1n) is 10.6. The lowest BCUT2D eigenvalue weighted by Crippen LogP contribution is -2.40. The normalized spacial score (nSPS) is 14.6. The van der Waals surface area contributed by atoms with Crippen LogP contribution in [0.3, 0.4) is 0 Å². The number of aromatic nitrogens is 2. The fourth-order valence-electron chi connectivity index (χ4n) is 3.55. The molecule has 33 heavy (non-hydrogen) atoms. The summed E-state index contributed by atoms with van der Waals surface area (Å²) in [6.45, 7) is 4.52. The summed E-state index contributed by atoms with van der Waals surface area (Å²) in [5.41, 5.74) is 1.34. The zero-order valence-corrected chi connectivity index (χ0v) is 20.1. The van der Waals surface area contributed by atoms with Gasteiger partial charge < -0.3 is 14.2 Å². The number of benzene rings is 1. The van der Waals surface area contributed by atoms with E-state index in [0.29, 0.717) is 43.5 Å². The van der Waals surface area contributed by atoms with Crippen molar-refractivity contribution in [3.05, 3.63) is 18.2 Å². The van der Waals surface area contributed by atoms with Gasteiger partial charge in [0.25, 0.3) is 0 Å². The van der Waals surface area contributed by atoms with Gasteiger partial charge >= 0.3 is 0 Å². The van der Waals surface area contributed by atoms with E-state index in [0.717, 1.165) is 5.52 Å². The summed E-state index contributed by atoms with van der Waals surface area (Å²) >= 11 is 1.26. The van der Waals surface area contributed by atoms with Gasteiger partial charge in [0.1, 0.15) is 0 Å². The topological polar surface area (TPSA) is 132 Å². The van der Waals surface area contributed by atoms with Crippen LogP contribution in [0, 0.1) is 22.7 Å². The first-order chi connectivity index (χ1) is 15.9. The molecule has 1 aromatic carbocycles. The minimum absolute atomic E-state index is 0.110. The third-order valence-electron chi connectivity index (χ3n) is 5.27. The minimum Gasteiger partial charge on any atom is -0.379 e. The van der Waals surface area contributed by atoms with Crippen LogP contribution in [-0.4, -0.2) is 78.2 Å². The van der Waals surface area contributed by atoms with Crippen LogP contribution in [-0.2, 0) is 26.1 Å². The first-order valence-corrected chi connectivity index (χ1v) is 13.1. The number of thioether (sulfide) groups is 1. The Balaban J connectivity index is 1.80. The number of aryl methyl sites for hydroxylation is 1. The van der Waals surface area contributed by atoms with Crippen LogP contribution in [0.25, 0.3) is 11.0 Å². The Labute approximate surface area is 197 Å². The van der Waals surface area contributed by atoms with Gasteiger partial charge in [-0.15, -0.1) is 0 Å². The van der Waals surface area contributed by atoms with Crippen LogP contribution in [0.15, 0.2) is 28.3 Å². The number of carbonyl (C=O) groups is 1. The van der Waals surface area contributed by atoms with Gasteiger partial charge in [0, 0.05) is 32.7 Å². The fraction of sp³-hybridized carbons (Fsp3) is 0.524. The van der Waals surface area contributed by atoms with Crippen molar-refractivity contribution in [2.24, 2.45) is 0 Å². The smallest absolute Gasteiger partial charge is 0.243 e. The highest BCUT2D eigenvalue weighted by atomic mass is 32.2. The van der Waals surface area contributed by atoms with Crippen LogP contribution < -0.4 is 0 Å². The number of amides is 1. The maximum Gasteiger partial charge on any atom is 0.243 e. The highest BCUT2D eigenvalue weighted by Crippen LogP contribution is 2.27. The molecule has 176 valence electrons. The van der Waals surface area contributed by atoms with Gasteiger partial charge in [-0.05, 0) is 25.1 Å². The molecule has 2 heterocycles. The molecule has 0 unspecified atom stereocenters. The number of sulfonamides is 1. The molecule has 0 aliphatic carbocycles. The van der Waals surface area contributed by atoms with Crippen LogP contribution in [0.2, 0.25) is 0 Å². The predicted molar refractivity (Wildman–Crippen MR) is 123 cm³/mol. The molecule has 0 saturated carbocycles. The molecule has 1 aromatic heterocycles. The second-order valence-corrected chi connectivity index (χ2v) is 10.2. The number of hydrogen-bond donors (Lipinski definition) is 0. The van der Waals surface area contributed by atoms with Gasteiger partial charge in [-0.25, -0.2) is 13.4 Å². The maximum absolute atomic E-state index is 13.0. The number of carbonyl (C=O) groups excluding carboxylic acids is 1. The molecule has 0 spiro atoms. The van der Waals surface area contributed by atoms with Crippen molar-refractivity contribution in [3.63, 3.8) is 0 Å². The van der Waals surface area contributed by atoms with E-state index < -0.39 is 10.0 Å². The molecule has 0 bridgehead atoms. The molecule has 1 amide bonds. The number of nitriles is 2. The average Bonchev–Trinajstić information content (AvgIpc) is 3.19. The molecule has 0 N–H and O–H groups in total. The lowest BCUT2D eigenvalue weighted by Gasteiger charge is -2.26. The average molecular weight is 491 g/mol. The van der Waals surface area contributed by atoms with E-state index in [-0.39, 0.29) is 42.5 Å². The van der Waals surface area contributed by atoms with E-state index >= 15 is 0 Å². The summed E-state index contributed by atoms with van der Waals surface area (Å²) in [4.78, 5) is 19.0. The van der Waals surface area contributed by atoms with Crippen molar-refractivity contribution in [2.75, 3.05) is 45.1 Å². The monoisotopic (exact) mass is 490 g/mol. The lowest BCUT2D eigenvalue weighted by atomic mass is 10.3. The van der Waals surface area contributed by atoms with Crippen molar-refractivity contribution in [3.8, 4) is 12.1 Å². The summed E-state index contributed by atoms with van der Waals surface area (Å²) in [6.07, 6.45) is 0.408. The van der Waals surface area contributed by atoms with E-state index in [1.165, 1.54) is 21.0 Å². The second kappa shape index (κ2) is 11.5. The Morgan fingerprint density at radius 2 is 1.88 bits per heavy atom. The maximum atomic E-state index is 13.0. The lowest BCUT2D eigenvalue weighted by molar-refractivity contribution is -0.128. The van der Waals surface area contributed by atoms with Crippen molar-refractivity contribution in [1.82, 2.24) is 18.8 Å². The quantitative estimate of drug-likeness (QED) is 0.461. The molecular weight excluding hydrogens is 464 g/mol. The summed E-state index contributed by atoms with van der Waals surface area (Å²) in [5, 5.41) is 18.3. The Morgan fingerprint density at radius 3 is 2.48 bits per heavy atom. The number of hydrogen-bond acceptors (Lipinski definition) is 8. The van der Waals surface area contributed by atoms with Gasteiger partial charge in [-0.3, -0.25) is 4.79 Å². The highest BCUT2D eigenvalue weighted by Gasteiger charge is 2.27. The summed E-state index contributed by atoms with van der Waals surface area (Å²) in [5.74, 6) is -0.0603. The van der Waals surface area contributed by atoms with E-state index in [4.69, 9.17) is 15.3 Å². The Hall–Kier alpha value is -2.64. The predicted octanol–water partition coefficient (Wildman–Crippen LogP) is 1.83. The second-order valence-electron chi connectivity index (χ2n) is 7.29. The molecule has 0 radical (unpaired) electrons. The van der Waals surface area contributed by atoms with Gasteiger partial charge in [-0.1, -0.05) is 11.8 Å². The number of fused-ring (bicyclic) bond motifs is 1. The van der Waals surface area contributed by atoms with Gasteiger partial charge in [0.2, 0.25) is 15.9 Å². The molecule has 12 heteroatoms. The van der Waals surface area contributed by atoms with Crippen molar-refractivity contribution >= 4 is 38.7 Å². The molecule has 2 aromatic rings. The number of ether oxygens (including phenoxy) is 1. The zero-order valence-electron chi connectivity index (χ0n) is 18.4. The van der Waals surface area contributed by atoms with Crippen molar-refractivity contribution in [2.45, 2.75) is 36.4 Å². The molecule has 1 aliphatic rings. The summed E-state index contributed by atoms with van der Waals surface area (Å²) in [7, 11) is -3.63. The van der Waals surface area contributed by atoms with Crippen molar-refractivity contribution < 1.29 is 17.9 Å². The van der Waals surface area contributed by atoms with E-state index in [1.54, 1.807) is 18.2 Å². The Kier molecular flexibility index (Phi) is 8.69. The third kappa shape index (κ3) is 5.84. The van der Waals surface area contributed by atoms with Gasteiger partial charge in [0.05, 0.1) is 59.9 Å². The van der Waals surface area contributed by atoms with Crippen LogP contribution in [0.4, 0.5) is 0 Å². The molecular formula is C21H26N6O4S2. The molecule has 3 rings (SSSR count). The number of morpholine rings is 1. The van der Waals surface area contributed by atoms with Crippen LogP contribution in [0.5, 0.6) is 0 Å². The number of nitrogens with zero attached hydrogens (tertiary/aromatic N) is 6. The van der Waals surface area contributed by atoms with E-state index in [1.807, 2.05) is 23.6 Å². The van der Waals surface area contributed by atoms with Gasteiger partial charge in [-0.2, -0.15) is 14.8 Å². The van der Waals surface area contributed by atoms with Crippen molar-refractivity contribution in [1.29, 1.82) is 10.5 Å². The SMILES string of the molecule is CCn1c(SCC(=O)N(CCC#N)CCC#N)nc2cc(S(=O)(=O)N3CCOCC3)ccc21. The first kappa shape index (κ1) is 25.0. The van der Waals surface area contributed by atoms with E-state index in [9.17, 15) is 13.2 Å². The molecule has 0 atom stereocenters. The van der Waals surface area contributed by atoms with Gasteiger partial charge in [0.15, 0.2) is 5.16 Å². The Morgan fingerprint density at radius 1 is 1.21 bits per heavy atom. The minimum atomic E-state index is -3.63. The Bertz CT molecular complexity index is 1160. The largest absolute Gasteiger partial charge is 0.379 e. The number of rotatable bonds is 10. The molecule has 1 fully saturated rings. The molecule has 1 aliphatic heterocycles. The van der Waals surface area contributed by atoms with E-state index in [2.05, 4.69) is 4.98 Å². The summed E-state index contributed by atoms with van der Waals surface area (Å²) in [6, 6.07) is 8.95. The van der Waals surface area contributed by atoms with Crippen LogP contribution >= 0.6 is 11.8 Å². The molecule has 1 saturated heterocycles. The third-order valence-corrected chi connectivity index (χ3v) is 8.13. The fourth-order valence-corrected chi connectivity index (χ4v) is 5.96. The highest BCUT2D eigenvalue weighted by molar-refractivity contribution is 7.99. The zero-order chi connectivity index (χ0) is 23.8. The van der Waals surface area contributed by atoms with Crippen LogP contribution in [0.1, 0.15) is 19.8 Å². The standard InChI is InChI=1S/C21H26N6O4S2/c1-2-27-19-6-5-17(33(29,30)26-11-13-31-14-12-26)15-18(19)24-21(27)32-16-20(28)25(9-3-7-22)10-4-8-23/h5-6,15H,2-4,9-14,16H2,1H3.